The Morgan fingerprint density at radius 3 is 2.88 bits per heavy atom. The van der Waals surface area contributed by atoms with Crippen molar-refractivity contribution in [1.29, 1.82) is 0 Å². The van der Waals surface area contributed by atoms with E-state index in [1.165, 1.54) is 36.3 Å². The number of methoxy groups -OCH3 is 1. The molecule has 0 aliphatic carbocycles. The average molecular weight is 594 g/mol. The Morgan fingerprint density at radius 2 is 2.10 bits per heavy atom. The maximum atomic E-state index is 14.9. The first-order chi connectivity index (χ1) is 20.3. The van der Waals surface area contributed by atoms with E-state index in [1.807, 2.05) is 0 Å². The van der Waals surface area contributed by atoms with Gasteiger partial charge in [-0.1, -0.05) is 18.0 Å². The Kier molecular flexibility index (Phi) is 8.52. The zero-order chi connectivity index (χ0) is 29.6. The maximum Gasteiger partial charge on any atom is 0.411 e. The number of rotatable bonds is 5. The molecule has 2 aromatic carbocycles. The van der Waals surface area contributed by atoms with E-state index in [4.69, 9.17) is 11.6 Å². The van der Waals surface area contributed by atoms with Gasteiger partial charge in [0, 0.05) is 29.3 Å². The van der Waals surface area contributed by atoms with E-state index in [2.05, 4.69) is 46.2 Å². The molecule has 3 heterocycles. The number of hydrogen-bond acceptors (Lipinski definition) is 8. The van der Waals surface area contributed by atoms with Crippen molar-refractivity contribution in [3.05, 3.63) is 71.2 Å². The second-order valence-corrected chi connectivity index (χ2v) is 9.70. The quantitative estimate of drug-likeness (QED) is 0.247. The average Bonchev–Trinajstić information content (AvgIpc) is 3.68. The summed E-state index contributed by atoms with van der Waals surface area (Å²) in [6, 6.07) is 7.40. The molecule has 1 aliphatic heterocycles. The predicted octanol–water partition coefficient (Wildman–Crippen LogP) is 4.41. The van der Waals surface area contributed by atoms with E-state index in [0.29, 0.717) is 53.4 Å². The van der Waals surface area contributed by atoms with Crippen LogP contribution in [-0.4, -0.2) is 55.2 Å². The number of hydrogen-bond donors (Lipinski definition) is 4. The number of carbonyl (C=O) groups is 3. The number of H-pyrrole nitrogens is 1. The normalized spacial score (nSPS) is 15.2. The zero-order valence-corrected chi connectivity index (χ0v) is 23.0. The number of fused-ring (bicyclic) bond motifs is 4. The lowest BCUT2D eigenvalue weighted by atomic mass is 10.1. The highest BCUT2D eigenvalue weighted by atomic mass is 35.5. The summed E-state index contributed by atoms with van der Waals surface area (Å²) in [5.74, 6) is -0.914. The zero-order valence-electron chi connectivity index (χ0n) is 22.2. The minimum absolute atomic E-state index is 0.0348. The molecule has 5 rings (SSSR count). The van der Waals surface area contributed by atoms with Crippen molar-refractivity contribution in [2.24, 2.45) is 0 Å². The molecular weight excluding hydrogens is 569 g/mol. The Balaban J connectivity index is 1.40. The number of benzene rings is 2. The van der Waals surface area contributed by atoms with Crippen LogP contribution in [0, 0.1) is 5.82 Å². The number of aromatic nitrogens is 6. The second kappa shape index (κ2) is 12.6. The van der Waals surface area contributed by atoms with Gasteiger partial charge >= 0.3 is 6.09 Å². The summed E-state index contributed by atoms with van der Waals surface area (Å²) in [6.07, 6.45) is 6.67. The van der Waals surface area contributed by atoms with Crippen molar-refractivity contribution in [2.75, 3.05) is 17.7 Å². The van der Waals surface area contributed by atoms with Gasteiger partial charge in [0.2, 0.25) is 11.8 Å². The number of aromatic amines is 1. The topological polar surface area (TPSA) is 169 Å². The van der Waals surface area contributed by atoms with Gasteiger partial charge in [-0.3, -0.25) is 14.9 Å². The van der Waals surface area contributed by atoms with E-state index in [9.17, 15) is 18.8 Å². The Morgan fingerprint density at radius 1 is 1.24 bits per heavy atom. The summed E-state index contributed by atoms with van der Waals surface area (Å²) in [7, 11) is 1.26. The van der Waals surface area contributed by atoms with Gasteiger partial charge in [0.1, 0.15) is 12.2 Å². The third-order valence-electron chi connectivity index (χ3n) is 6.51. The summed E-state index contributed by atoms with van der Waals surface area (Å²) in [5, 5.41) is 19.2. The fourth-order valence-corrected chi connectivity index (χ4v) is 4.63. The Hall–Kier alpha value is -5.11. The van der Waals surface area contributed by atoms with E-state index >= 15 is 0 Å². The number of nitrogens with zero attached hydrogens (tertiary/aromatic N) is 5. The number of imidazole rings is 1. The fourth-order valence-electron chi connectivity index (χ4n) is 4.47. The molecule has 4 N–H and O–H groups in total. The molecule has 0 radical (unpaired) electrons. The predicted molar refractivity (Wildman–Crippen MR) is 151 cm³/mol. The molecule has 0 saturated carbocycles. The van der Waals surface area contributed by atoms with Crippen molar-refractivity contribution in [3.8, 4) is 16.9 Å². The van der Waals surface area contributed by atoms with Crippen LogP contribution in [0.25, 0.3) is 23.0 Å². The molecule has 0 spiro atoms. The number of tetrazole rings is 1. The van der Waals surface area contributed by atoms with E-state index in [1.54, 1.807) is 30.5 Å². The largest absolute Gasteiger partial charge is 0.453 e. The highest BCUT2D eigenvalue weighted by Gasteiger charge is 2.21. The lowest BCUT2D eigenvalue weighted by Crippen LogP contribution is -2.28. The monoisotopic (exact) mass is 593 g/mol. The lowest BCUT2D eigenvalue weighted by molar-refractivity contribution is -0.118. The van der Waals surface area contributed by atoms with Crippen LogP contribution in [0.1, 0.15) is 43.1 Å². The molecule has 2 aromatic heterocycles. The van der Waals surface area contributed by atoms with Crippen LogP contribution in [0.2, 0.25) is 5.02 Å². The van der Waals surface area contributed by atoms with Crippen LogP contribution in [0.15, 0.2) is 48.9 Å². The first-order valence-corrected chi connectivity index (χ1v) is 13.2. The summed E-state index contributed by atoms with van der Waals surface area (Å²) in [4.78, 5) is 45.1. The maximum absolute atomic E-state index is 14.9. The number of carbonyl (C=O) groups excluding carboxylic acids is 3. The van der Waals surface area contributed by atoms with Gasteiger partial charge < -0.3 is 20.4 Å². The summed E-state index contributed by atoms with van der Waals surface area (Å²) >= 11 is 5.98. The molecule has 0 saturated heterocycles. The highest BCUT2D eigenvalue weighted by molar-refractivity contribution is 6.31. The number of ether oxygens (including phenoxy) is 1. The van der Waals surface area contributed by atoms with Crippen LogP contribution in [-0.2, 0) is 14.3 Å². The highest BCUT2D eigenvalue weighted by Crippen LogP contribution is 2.32. The molecule has 15 heteroatoms. The molecule has 3 amide bonds. The van der Waals surface area contributed by atoms with Crippen LogP contribution in [0.3, 0.4) is 0 Å². The molecule has 1 unspecified atom stereocenters. The summed E-state index contributed by atoms with van der Waals surface area (Å²) in [6.45, 7) is 0. The third kappa shape index (κ3) is 6.44. The fraction of sp³-hybridized carbons (Fsp3) is 0.222. The van der Waals surface area contributed by atoms with Gasteiger partial charge in [-0.15, -0.1) is 5.10 Å². The molecule has 2 bridgehead atoms. The first-order valence-electron chi connectivity index (χ1n) is 12.9. The number of amides is 3. The smallest absolute Gasteiger partial charge is 0.411 e. The third-order valence-corrected chi connectivity index (χ3v) is 6.80. The van der Waals surface area contributed by atoms with Crippen molar-refractivity contribution >= 4 is 47.0 Å². The van der Waals surface area contributed by atoms with E-state index in [0.717, 1.165) is 0 Å². The minimum atomic E-state index is -0.725. The molecular formula is C27H25ClFN9O4. The second-order valence-electron chi connectivity index (χ2n) is 9.30. The number of anilines is 2. The standard InChI is InChI=1S/C27H25ClFN9O4/c1-42-27(41)32-15-6-7-16-20(12-15)34-23(39)5-3-2-4-19(26-30-13-21(16)35-26)33-24(40)11-8-17-22(38-14-31-36-37-38)10-9-18(28)25(17)29/h6-14,19H,2-5H2,1H3,(H,30,35)(H,32,41)(H,33,40)(H,34,39). The van der Waals surface area contributed by atoms with Gasteiger partial charge in [0.15, 0.2) is 5.82 Å². The van der Waals surface area contributed by atoms with Gasteiger partial charge in [-0.25, -0.2) is 14.2 Å². The first kappa shape index (κ1) is 28.4. The summed E-state index contributed by atoms with van der Waals surface area (Å²) < 4.78 is 20.8. The molecule has 42 heavy (non-hydrogen) atoms. The number of nitrogens with one attached hydrogen (secondary N) is 4. The van der Waals surface area contributed by atoms with Gasteiger partial charge in [-0.05, 0) is 59.7 Å². The summed E-state index contributed by atoms with van der Waals surface area (Å²) in [5.41, 5.74) is 2.46. The SMILES string of the molecule is COC(=O)Nc1ccc2c(c1)NC(=O)CCCCC(NC(=O)C=Cc1c(-n3cnnn3)ccc(Cl)c1F)c1ncc-2[nH]1. The van der Waals surface area contributed by atoms with Crippen molar-refractivity contribution in [2.45, 2.75) is 31.7 Å². The number of halogens is 2. The van der Waals surface area contributed by atoms with E-state index < -0.39 is 23.9 Å². The molecule has 4 aromatic rings. The Labute approximate surface area is 243 Å². The molecule has 1 atom stereocenters. The molecule has 1 aliphatic rings. The Bertz CT molecular complexity index is 1660. The van der Waals surface area contributed by atoms with Gasteiger partial charge in [0.25, 0.3) is 0 Å². The van der Waals surface area contributed by atoms with Crippen LogP contribution in [0.4, 0.5) is 20.6 Å². The van der Waals surface area contributed by atoms with Gasteiger partial charge in [0.05, 0.1) is 41.4 Å². The lowest BCUT2D eigenvalue weighted by Gasteiger charge is -2.17. The molecule has 0 fully saturated rings. The van der Waals surface area contributed by atoms with E-state index in [-0.39, 0.29) is 22.9 Å². The molecule has 13 nitrogen and oxygen atoms in total. The van der Waals surface area contributed by atoms with Crippen molar-refractivity contribution in [3.63, 3.8) is 0 Å². The minimum Gasteiger partial charge on any atom is -0.453 e. The molecule has 216 valence electrons. The van der Waals surface area contributed by atoms with Crippen molar-refractivity contribution in [1.82, 2.24) is 35.5 Å². The van der Waals surface area contributed by atoms with Crippen LogP contribution in [0.5, 0.6) is 0 Å². The van der Waals surface area contributed by atoms with Crippen LogP contribution >= 0.6 is 11.6 Å². The van der Waals surface area contributed by atoms with Crippen LogP contribution < -0.4 is 16.0 Å². The van der Waals surface area contributed by atoms with Gasteiger partial charge in [-0.2, -0.15) is 4.68 Å². The van der Waals surface area contributed by atoms with Crippen molar-refractivity contribution < 1.29 is 23.5 Å².